The van der Waals surface area contributed by atoms with Gasteiger partial charge in [0.1, 0.15) is 17.4 Å². The van der Waals surface area contributed by atoms with Crippen LogP contribution in [0.15, 0.2) is 42.5 Å². The van der Waals surface area contributed by atoms with Crippen molar-refractivity contribution in [2.45, 2.75) is 57.7 Å². The molecule has 2 fully saturated rings. The molecule has 4 rings (SSSR count). The number of carbonyl (C=O) groups is 1. The molecule has 184 valence electrons. The van der Waals surface area contributed by atoms with E-state index in [4.69, 9.17) is 4.74 Å². The maximum absolute atomic E-state index is 13.3. The molecule has 2 aliphatic rings. The van der Waals surface area contributed by atoms with Crippen molar-refractivity contribution in [1.29, 1.82) is 0 Å². The molecule has 1 heterocycles. The maximum atomic E-state index is 13.3. The van der Waals surface area contributed by atoms with Crippen LogP contribution < -0.4 is 20.3 Å². The number of nitrogens with zero attached hydrogens (tertiary/aromatic N) is 2. The Morgan fingerprint density at radius 1 is 0.971 bits per heavy atom. The summed E-state index contributed by atoms with van der Waals surface area (Å²) >= 11 is 0. The Kier molecular flexibility index (Phi) is 7.88. The minimum absolute atomic E-state index is 0.0657. The molecule has 2 N–H and O–H groups in total. The third-order valence-corrected chi connectivity index (χ3v) is 6.55. The largest absolute Gasteiger partial charge is 0.489 e. The van der Waals surface area contributed by atoms with E-state index < -0.39 is 17.7 Å². The van der Waals surface area contributed by atoms with Gasteiger partial charge in [-0.1, -0.05) is 12.1 Å². The van der Waals surface area contributed by atoms with Crippen LogP contribution in [0.3, 0.4) is 0 Å². The van der Waals surface area contributed by atoms with Gasteiger partial charge in [0.15, 0.2) is 0 Å². The Hall–Kier alpha value is -2.87. The Bertz CT molecular complexity index is 951. The number of amides is 2. The highest BCUT2D eigenvalue weighted by molar-refractivity contribution is 5.89. The van der Waals surface area contributed by atoms with Gasteiger partial charge < -0.3 is 20.3 Å². The summed E-state index contributed by atoms with van der Waals surface area (Å²) in [6.07, 6.45) is 3.96. The maximum Gasteiger partial charge on any atom is 0.319 e. The van der Waals surface area contributed by atoms with Crippen LogP contribution in [0.5, 0.6) is 5.75 Å². The number of halogens is 2. The monoisotopic (exact) mass is 472 g/mol. The summed E-state index contributed by atoms with van der Waals surface area (Å²) in [5.41, 5.74) is 1.27. The van der Waals surface area contributed by atoms with Gasteiger partial charge in [-0.15, -0.1) is 0 Å². The fraction of sp³-hybridized carbons (Fsp3) is 0.500. The highest BCUT2D eigenvalue weighted by Crippen LogP contribution is 2.31. The molecule has 0 atom stereocenters. The topological polar surface area (TPSA) is 56.8 Å². The van der Waals surface area contributed by atoms with Crippen molar-refractivity contribution in [3.63, 3.8) is 0 Å². The van der Waals surface area contributed by atoms with E-state index in [1.54, 1.807) is 0 Å². The number of piperazine rings is 1. The normalized spacial score (nSPS) is 21.4. The highest BCUT2D eigenvalue weighted by atomic mass is 19.1. The van der Waals surface area contributed by atoms with Crippen molar-refractivity contribution in [1.82, 2.24) is 10.2 Å². The van der Waals surface area contributed by atoms with Crippen molar-refractivity contribution >= 4 is 17.4 Å². The van der Waals surface area contributed by atoms with E-state index in [1.807, 2.05) is 26.0 Å². The van der Waals surface area contributed by atoms with E-state index in [2.05, 4.69) is 32.6 Å². The molecule has 1 saturated carbocycles. The first-order chi connectivity index (χ1) is 16.4. The molecule has 2 amide bonds. The summed E-state index contributed by atoms with van der Waals surface area (Å²) in [6, 6.07) is 11.4. The fourth-order valence-corrected chi connectivity index (χ4v) is 4.96. The lowest BCUT2D eigenvalue weighted by Gasteiger charge is -2.43. The van der Waals surface area contributed by atoms with Gasteiger partial charge in [-0.05, 0) is 63.8 Å². The molecule has 0 bridgehead atoms. The number of hydrogen-bond acceptors (Lipinski definition) is 4. The van der Waals surface area contributed by atoms with Crippen molar-refractivity contribution in [2.24, 2.45) is 0 Å². The summed E-state index contributed by atoms with van der Waals surface area (Å²) in [7, 11) is 0. The highest BCUT2D eigenvalue weighted by Gasteiger charge is 2.29. The van der Waals surface area contributed by atoms with Crippen LogP contribution in [-0.4, -0.2) is 55.3 Å². The lowest BCUT2D eigenvalue weighted by molar-refractivity contribution is 0.137. The van der Waals surface area contributed by atoms with Gasteiger partial charge in [-0.3, -0.25) is 4.90 Å². The van der Waals surface area contributed by atoms with Crippen LogP contribution in [0, 0.1) is 11.6 Å². The van der Waals surface area contributed by atoms with Crippen molar-refractivity contribution in [3.05, 3.63) is 54.1 Å². The molecule has 1 aliphatic heterocycles. The number of carbonyl (C=O) groups excluding carboxylic acids is 1. The number of hydrogen-bond donors (Lipinski definition) is 2. The van der Waals surface area contributed by atoms with Crippen molar-refractivity contribution < 1.29 is 18.3 Å². The third kappa shape index (κ3) is 6.38. The number of urea groups is 1. The number of ether oxygens (including phenoxy) is 1. The van der Waals surface area contributed by atoms with E-state index in [0.717, 1.165) is 81.5 Å². The van der Waals surface area contributed by atoms with Crippen molar-refractivity contribution in [3.8, 4) is 5.75 Å². The Labute approximate surface area is 200 Å². The number of para-hydroxylation sites is 2. The summed E-state index contributed by atoms with van der Waals surface area (Å²) in [4.78, 5) is 17.2. The van der Waals surface area contributed by atoms with E-state index in [-0.39, 0.29) is 17.8 Å². The number of rotatable bonds is 6. The number of nitrogens with one attached hydrogen (secondary N) is 2. The summed E-state index contributed by atoms with van der Waals surface area (Å²) in [5, 5.41) is 5.47. The second-order valence-electron chi connectivity index (χ2n) is 9.42. The molecular formula is C26H34F2N4O2. The Morgan fingerprint density at radius 3 is 2.26 bits per heavy atom. The molecule has 6 nitrogen and oxygen atoms in total. The quantitative estimate of drug-likeness (QED) is 0.621. The lowest BCUT2D eigenvalue weighted by Crippen LogP contribution is -2.52. The van der Waals surface area contributed by atoms with Gasteiger partial charge in [-0.25, -0.2) is 13.6 Å². The van der Waals surface area contributed by atoms with Gasteiger partial charge in [0.25, 0.3) is 0 Å². The van der Waals surface area contributed by atoms with Gasteiger partial charge in [0, 0.05) is 50.0 Å². The summed E-state index contributed by atoms with van der Waals surface area (Å²) < 4.78 is 32.6. The zero-order valence-electron chi connectivity index (χ0n) is 19.9. The van der Waals surface area contributed by atoms with E-state index in [0.29, 0.717) is 6.04 Å². The number of benzene rings is 2. The smallest absolute Gasteiger partial charge is 0.319 e. The van der Waals surface area contributed by atoms with Crippen LogP contribution in [-0.2, 0) is 0 Å². The third-order valence-electron chi connectivity index (χ3n) is 6.55. The second-order valence-corrected chi connectivity index (χ2v) is 9.42. The summed E-state index contributed by atoms with van der Waals surface area (Å²) in [6.45, 7) is 8.02. The standard InChI is InChI=1S/C26H34F2N4O2/c1-18(2)34-25-6-4-3-5-24(25)32-13-11-31(12-14-32)23-9-7-21(8-10-23)29-26(33)30-22-16-19(27)15-20(28)17-22/h3-6,15-18,21,23H,7-14H2,1-2H3,(H2,29,30,33). The van der Waals surface area contributed by atoms with Crippen LogP contribution in [0.25, 0.3) is 0 Å². The van der Waals surface area contributed by atoms with Gasteiger partial charge in [0.05, 0.1) is 11.8 Å². The van der Waals surface area contributed by atoms with Gasteiger partial charge in [-0.2, -0.15) is 0 Å². The summed E-state index contributed by atoms with van der Waals surface area (Å²) in [5.74, 6) is -0.490. The van der Waals surface area contributed by atoms with E-state index in [1.165, 1.54) is 0 Å². The first-order valence-corrected chi connectivity index (χ1v) is 12.2. The van der Waals surface area contributed by atoms with Gasteiger partial charge in [0.2, 0.25) is 0 Å². The molecule has 0 radical (unpaired) electrons. The minimum Gasteiger partial charge on any atom is -0.489 e. The molecule has 0 unspecified atom stereocenters. The minimum atomic E-state index is -0.716. The molecule has 2 aromatic carbocycles. The molecule has 0 spiro atoms. The lowest BCUT2D eigenvalue weighted by atomic mass is 9.90. The molecule has 1 saturated heterocycles. The SMILES string of the molecule is CC(C)Oc1ccccc1N1CCN(C2CCC(NC(=O)Nc3cc(F)cc(F)c3)CC2)CC1. The molecule has 0 aromatic heterocycles. The zero-order valence-corrected chi connectivity index (χ0v) is 19.9. The first kappa shape index (κ1) is 24.3. The predicted octanol–water partition coefficient (Wildman–Crippen LogP) is 5.01. The van der Waals surface area contributed by atoms with Crippen LogP contribution in [0.4, 0.5) is 25.0 Å². The molecule has 8 heteroatoms. The Balaban J connectivity index is 1.22. The first-order valence-electron chi connectivity index (χ1n) is 12.2. The Morgan fingerprint density at radius 2 is 1.62 bits per heavy atom. The van der Waals surface area contributed by atoms with Crippen LogP contribution in [0.2, 0.25) is 0 Å². The van der Waals surface area contributed by atoms with Crippen LogP contribution >= 0.6 is 0 Å². The average molecular weight is 473 g/mol. The van der Waals surface area contributed by atoms with E-state index >= 15 is 0 Å². The van der Waals surface area contributed by atoms with E-state index in [9.17, 15) is 13.6 Å². The van der Waals surface area contributed by atoms with Crippen LogP contribution in [0.1, 0.15) is 39.5 Å². The van der Waals surface area contributed by atoms with Gasteiger partial charge >= 0.3 is 6.03 Å². The average Bonchev–Trinajstić information content (AvgIpc) is 2.79. The molecule has 2 aromatic rings. The predicted molar refractivity (Wildman–Crippen MR) is 131 cm³/mol. The molecular weight excluding hydrogens is 438 g/mol. The zero-order chi connectivity index (χ0) is 24.1. The number of anilines is 2. The van der Waals surface area contributed by atoms with Crippen molar-refractivity contribution in [2.75, 3.05) is 36.4 Å². The molecule has 34 heavy (non-hydrogen) atoms. The fourth-order valence-electron chi connectivity index (χ4n) is 4.96. The second kappa shape index (κ2) is 11.0. The molecule has 1 aliphatic carbocycles.